The Morgan fingerprint density at radius 3 is 2.30 bits per heavy atom. The molecule has 0 aromatic heterocycles. The van der Waals surface area contributed by atoms with Crippen molar-refractivity contribution in [2.75, 3.05) is 7.05 Å². The van der Waals surface area contributed by atoms with Crippen LogP contribution in [0.25, 0.3) is 0 Å². The van der Waals surface area contributed by atoms with Crippen LogP contribution < -0.4 is 0 Å². The third kappa shape index (κ3) is 4.57. The van der Waals surface area contributed by atoms with E-state index in [0.717, 1.165) is 5.56 Å². The van der Waals surface area contributed by atoms with Gasteiger partial charge in [0, 0.05) is 13.6 Å². The molecule has 2 aromatic carbocycles. The summed E-state index contributed by atoms with van der Waals surface area (Å²) in [5.41, 5.74) is 1.29. The molecule has 0 aliphatic rings. The second-order valence-electron chi connectivity index (χ2n) is 5.27. The highest BCUT2D eigenvalue weighted by atomic mass is 16.5. The van der Waals surface area contributed by atoms with Gasteiger partial charge in [-0.1, -0.05) is 30.3 Å². The lowest BCUT2D eigenvalue weighted by atomic mass is 10.2. The third-order valence-electron chi connectivity index (χ3n) is 3.37. The van der Waals surface area contributed by atoms with Crippen LogP contribution >= 0.6 is 0 Å². The number of amides is 1. The average molecular weight is 313 g/mol. The SMILES string of the molecule is CC(OC(=O)c1ccc(O)cc1)C(=O)N(C)Cc1ccccc1. The molecule has 0 radical (unpaired) electrons. The Morgan fingerprint density at radius 2 is 1.70 bits per heavy atom. The van der Waals surface area contributed by atoms with Crippen LogP contribution in [-0.4, -0.2) is 35.0 Å². The minimum absolute atomic E-state index is 0.0632. The van der Waals surface area contributed by atoms with Crippen molar-refractivity contribution in [3.05, 3.63) is 65.7 Å². The standard InChI is InChI=1S/C18H19NO4/c1-13(23-18(22)15-8-10-16(20)11-9-15)17(21)19(2)12-14-6-4-3-5-7-14/h3-11,13,20H,12H2,1-2H3. The summed E-state index contributed by atoms with van der Waals surface area (Å²) in [6, 6.07) is 15.3. The topological polar surface area (TPSA) is 66.8 Å². The number of carbonyl (C=O) groups is 2. The first-order valence-electron chi connectivity index (χ1n) is 7.26. The molecule has 5 heteroatoms. The maximum absolute atomic E-state index is 12.3. The van der Waals surface area contributed by atoms with Gasteiger partial charge in [-0.25, -0.2) is 4.79 Å². The van der Waals surface area contributed by atoms with Gasteiger partial charge in [0.15, 0.2) is 6.10 Å². The zero-order valence-electron chi connectivity index (χ0n) is 13.1. The van der Waals surface area contributed by atoms with E-state index in [0.29, 0.717) is 6.54 Å². The highest BCUT2D eigenvalue weighted by molar-refractivity contribution is 5.92. The Bertz CT molecular complexity index is 667. The Balaban J connectivity index is 1.93. The van der Waals surface area contributed by atoms with Gasteiger partial charge in [0.1, 0.15) is 5.75 Å². The maximum atomic E-state index is 12.3. The summed E-state index contributed by atoms with van der Waals surface area (Å²) in [7, 11) is 1.67. The van der Waals surface area contributed by atoms with Crippen molar-refractivity contribution in [2.24, 2.45) is 0 Å². The molecule has 0 heterocycles. The molecule has 0 saturated carbocycles. The van der Waals surface area contributed by atoms with Gasteiger partial charge in [-0.3, -0.25) is 4.79 Å². The highest BCUT2D eigenvalue weighted by Crippen LogP contribution is 2.12. The number of phenols is 1. The van der Waals surface area contributed by atoms with Crippen LogP contribution in [-0.2, 0) is 16.1 Å². The number of carbonyl (C=O) groups excluding carboxylic acids is 2. The Kier molecular flexibility index (Phi) is 5.36. The summed E-state index contributed by atoms with van der Waals surface area (Å²) in [5, 5.41) is 9.21. The molecule has 0 aliphatic heterocycles. The van der Waals surface area contributed by atoms with Gasteiger partial charge in [-0.05, 0) is 36.8 Å². The molecule has 0 saturated heterocycles. The van der Waals surface area contributed by atoms with Gasteiger partial charge < -0.3 is 14.7 Å². The first-order chi connectivity index (χ1) is 11.0. The van der Waals surface area contributed by atoms with E-state index in [1.54, 1.807) is 14.0 Å². The van der Waals surface area contributed by atoms with E-state index >= 15 is 0 Å². The molecule has 1 unspecified atom stereocenters. The molecule has 1 amide bonds. The van der Waals surface area contributed by atoms with Crippen molar-refractivity contribution in [1.29, 1.82) is 0 Å². The van der Waals surface area contributed by atoms with E-state index in [-0.39, 0.29) is 17.2 Å². The van der Waals surface area contributed by atoms with Gasteiger partial charge in [-0.2, -0.15) is 0 Å². The first kappa shape index (κ1) is 16.5. The summed E-state index contributed by atoms with van der Waals surface area (Å²) >= 11 is 0. The third-order valence-corrected chi connectivity index (χ3v) is 3.37. The number of ether oxygens (including phenoxy) is 1. The minimum Gasteiger partial charge on any atom is -0.508 e. The summed E-state index contributed by atoms with van der Waals surface area (Å²) in [5.74, 6) is -0.812. The number of likely N-dealkylation sites (N-methyl/N-ethyl adjacent to an activating group) is 1. The van der Waals surface area contributed by atoms with E-state index < -0.39 is 12.1 Å². The van der Waals surface area contributed by atoms with E-state index in [4.69, 9.17) is 4.74 Å². The number of aromatic hydroxyl groups is 1. The molecule has 0 bridgehead atoms. The van der Waals surface area contributed by atoms with Crippen molar-refractivity contribution in [3.63, 3.8) is 0 Å². The molecule has 0 aliphatic carbocycles. The van der Waals surface area contributed by atoms with Gasteiger partial charge in [0.2, 0.25) is 0 Å². The lowest BCUT2D eigenvalue weighted by Gasteiger charge is -2.21. The lowest BCUT2D eigenvalue weighted by Crippen LogP contribution is -2.37. The fourth-order valence-corrected chi connectivity index (χ4v) is 2.12. The van der Waals surface area contributed by atoms with E-state index in [9.17, 15) is 14.7 Å². The second kappa shape index (κ2) is 7.45. The smallest absolute Gasteiger partial charge is 0.338 e. The number of nitrogens with zero attached hydrogens (tertiary/aromatic N) is 1. The summed E-state index contributed by atoms with van der Waals surface area (Å²) in [6.07, 6.45) is -0.884. The van der Waals surface area contributed by atoms with Gasteiger partial charge in [0.25, 0.3) is 5.91 Å². The molecule has 0 spiro atoms. The van der Waals surface area contributed by atoms with E-state index in [1.807, 2.05) is 30.3 Å². The van der Waals surface area contributed by atoms with Crippen molar-refractivity contribution < 1.29 is 19.4 Å². The number of hydrogen-bond donors (Lipinski definition) is 1. The van der Waals surface area contributed by atoms with Crippen LogP contribution in [0, 0.1) is 0 Å². The lowest BCUT2D eigenvalue weighted by molar-refractivity contribution is -0.139. The number of benzene rings is 2. The highest BCUT2D eigenvalue weighted by Gasteiger charge is 2.22. The fraction of sp³-hybridized carbons (Fsp3) is 0.222. The van der Waals surface area contributed by atoms with Crippen LogP contribution in [0.2, 0.25) is 0 Å². The molecule has 5 nitrogen and oxygen atoms in total. The molecule has 120 valence electrons. The Labute approximate surface area is 135 Å². The zero-order chi connectivity index (χ0) is 16.8. The van der Waals surface area contributed by atoms with Crippen LogP contribution in [0.1, 0.15) is 22.8 Å². The van der Waals surface area contributed by atoms with Crippen molar-refractivity contribution in [3.8, 4) is 5.75 Å². The second-order valence-corrected chi connectivity index (χ2v) is 5.27. The molecular weight excluding hydrogens is 294 g/mol. The van der Waals surface area contributed by atoms with Crippen LogP contribution in [0.3, 0.4) is 0 Å². The number of hydrogen-bond acceptors (Lipinski definition) is 4. The predicted octanol–water partition coefficient (Wildman–Crippen LogP) is 2.60. The first-order valence-corrected chi connectivity index (χ1v) is 7.26. The quantitative estimate of drug-likeness (QED) is 0.862. The molecule has 1 atom stereocenters. The fourth-order valence-electron chi connectivity index (χ4n) is 2.12. The van der Waals surface area contributed by atoms with Crippen LogP contribution in [0.4, 0.5) is 0 Å². The minimum atomic E-state index is -0.884. The number of esters is 1. The molecule has 0 fully saturated rings. The number of rotatable bonds is 5. The predicted molar refractivity (Wildman–Crippen MR) is 85.9 cm³/mol. The van der Waals surface area contributed by atoms with Gasteiger partial charge >= 0.3 is 5.97 Å². The van der Waals surface area contributed by atoms with E-state index in [1.165, 1.54) is 29.2 Å². The van der Waals surface area contributed by atoms with Crippen LogP contribution in [0.15, 0.2) is 54.6 Å². The normalized spacial score (nSPS) is 11.6. The number of phenolic OH excluding ortho intramolecular Hbond substituents is 1. The Morgan fingerprint density at radius 1 is 1.09 bits per heavy atom. The molecule has 2 rings (SSSR count). The summed E-state index contributed by atoms with van der Waals surface area (Å²) < 4.78 is 5.19. The monoisotopic (exact) mass is 313 g/mol. The van der Waals surface area contributed by atoms with Crippen molar-refractivity contribution in [2.45, 2.75) is 19.6 Å². The molecule has 23 heavy (non-hydrogen) atoms. The van der Waals surface area contributed by atoms with E-state index in [2.05, 4.69) is 0 Å². The van der Waals surface area contributed by atoms with Gasteiger partial charge in [-0.15, -0.1) is 0 Å². The van der Waals surface area contributed by atoms with Crippen LogP contribution in [0.5, 0.6) is 5.75 Å². The molecule has 1 N–H and O–H groups in total. The van der Waals surface area contributed by atoms with Crippen molar-refractivity contribution >= 4 is 11.9 Å². The van der Waals surface area contributed by atoms with Crippen molar-refractivity contribution in [1.82, 2.24) is 4.90 Å². The maximum Gasteiger partial charge on any atom is 0.338 e. The summed E-state index contributed by atoms with van der Waals surface area (Å²) in [4.78, 5) is 25.8. The van der Waals surface area contributed by atoms with Gasteiger partial charge in [0.05, 0.1) is 5.56 Å². The summed E-state index contributed by atoms with van der Waals surface area (Å²) in [6.45, 7) is 1.99. The molecular formula is C18H19NO4. The average Bonchev–Trinajstić information content (AvgIpc) is 2.55. The zero-order valence-corrected chi connectivity index (χ0v) is 13.1. The Hall–Kier alpha value is -2.82. The molecule has 2 aromatic rings. The largest absolute Gasteiger partial charge is 0.508 e.